The highest BCUT2D eigenvalue weighted by Gasteiger charge is 2.30. The number of amides is 1. The number of nitrogens with one attached hydrogen (secondary N) is 1. The highest BCUT2D eigenvalue weighted by atomic mass is 31.2. The van der Waals surface area contributed by atoms with Gasteiger partial charge in [0.25, 0.3) is 0 Å². The fraction of sp³-hybridized carbons (Fsp3) is 0.886. The Labute approximate surface area is 497 Å². The topological polar surface area (TPSA) is 111 Å². The minimum absolute atomic E-state index is 0.0439. The van der Waals surface area contributed by atoms with Crippen LogP contribution in [-0.2, 0) is 27.9 Å². The summed E-state index contributed by atoms with van der Waals surface area (Å²) in [5, 5.41) is 3.07. The van der Waals surface area contributed by atoms with E-state index >= 15 is 0 Å². The highest BCUT2D eigenvalue weighted by molar-refractivity contribution is 7.47. The molecule has 0 aromatic carbocycles. The molecule has 0 spiro atoms. The van der Waals surface area contributed by atoms with Crippen LogP contribution in [-0.4, -0.2) is 74.3 Å². The monoisotopic (exact) mass is 1150 g/mol. The first-order valence-corrected chi connectivity index (χ1v) is 36.3. The minimum Gasteiger partial charge on any atom is -0.456 e. The van der Waals surface area contributed by atoms with E-state index < -0.39 is 20.0 Å². The van der Waals surface area contributed by atoms with Crippen LogP contribution in [0.1, 0.15) is 348 Å². The normalized spacial score (nSPS) is 13.7. The van der Waals surface area contributed by atoms with Gasteiger partial charge >= 0.3 is 13.8 Å². The molecule has 0 aliphatic heterocycles. The first kappa shape index (κ1) is 78.2. The lowest BCUT2D eigenvalue weighted by Crippen LogP contribution is -2.47. The van der Waals surface area contributed by atoms with E-state index in [-0.39, 0.29) is 25.1 Å². The summed E-state index contributed by atoms with van der Waals surface area (Å²) in [6, 6.07) is -0.843. The van der Waals surface area contributed by atoms with Crippen molar-refractivity contribution in [2.45, 2.75) is 360 Å². The first-order valence-electron chi connectivity index (χ1n) is 34.8. The van der Waals surface area contributed by atoms with Gasteiger partial charge in [-0.15, -0.1) is 0 Å². The van der Waals surface area contributed by atoms with Crippen molar-refractivity contribution in [1.82, 2.24) is 5.32 Å². The van der Waals surface area contributed by atoms with Gasteiger partial charge in [0.1, 0.15) is 19.3 Å². The lowest BCUT2D eigenvalue weighted by Gasteiger charge is -2.27. The van der Waals surface area contributed by atoms with Crippen molar-refractivity contribution in [3.8, 4) is 0 Å². The molecule has 0 aliphatic carbocycles. The second-order valence-corrected chi connectivity index (χ2v) is 26.5. The average Bonchev–Trinajstić information content (AvgIpc) is 3.43. The molecule has 3 atom stereocenters. The van der Waals surface area contributed by atoms with Crippen molar-refractivity contribution >= 4 is 19.7 Å². The molecule has 3 unspecified atom stereocenters. The third kappa shape index (κ3) is 60.8. The number of phosphoric ester groups is 1. The van der Waals surface area contributed by atoms with Crippen LogP contribution in [0.4, 0.5) is 0 Å². The summed E-state index contributed by atoms with van der Waals surface area (Å²) in [6.07, 6.45) is 74.4. The SMILES string of the molecule is CCCCC/C=C\C/C=C\CCCCCCCCCCCCCCCCCCCC(=O)OC(/C=C\CCCCCCCCCCCC)C(COP(=O)(O)OCC[N+](C)(C)C)NC(=O)CCCCCCCCCCCCCCCCC. The molecular weight excluding hydrogens is 1010 g/mol. The number of carbonyl (C=O) groups is 2. The Morgan fingerprint density at radius 3 is 1.15 bits per heavy atom. The van der Waals surface area contributed by atoms with Gasteiger partial charge in [0, 0.05) is 12.8 Å². The van der Waals surface area contributed by atoms with Crippen LogP contribution < -0.4 is 5.32 Å². The maximum absolute atomic E-state index is 13.6. The number of hydrogen-bond donors (Lipinski definition) is 2. The van der Waals surface area contributed by atoms with Crippen LogP contribution in [0.5, 0.6) is 0 Å². The van der Waals surface area contributed by atoms with Crippen molar-refractivity contribution < 1.29 is 37.3 Å². The van der Waals surface area contributed by atoms with E-state index in [1.54, 1.807) is 0 Å². The van der Waals surface area contributed by atoms with Crippen LogP contribution in [0.15, 0.2) is 36.5 Å². The lowest BCUT2D eigenvalue weighted by molar-refractivity contribution is -0.870. The molecule has 80 heavy (non-hydrogen) atoms. The highest BCUT2D eigenvalue weighted by Crippen LogP contribution is 2.43. The Morgan fingerprint density at radius 2 is 0.762 bits per heavy atom. The van der Waals surface area contributed by atoms with Gasteiger partial charge in [0.15, 0.2) is 0 Å². The molecule has 0 radical (unpaired) electrons. The quantitative estimate of drug-likeness (QED) is 0.0205. The maximum atomic E-state index is 13.6. The van der Waals surface area contributed by atoms with Crippen molar-refractivity contribution in [1.29, 1.82) is 0 Å². The minimum atomic E-state index is -4.45. The molecule has 1 amide bonds. The third-order valence-electron chi connectivity index (χ3n) is 15.8. The molecule has 0 aromatic rings. The largest absolute Gasteiger partial charge is 0.472 e. The number of phosphoric acid groups is 1. The summed E-state index contributed by atoms with van der Waals surface area (Å²) in [5.41, 5.74) is 0. The molecule has 2 N–H and O–H groups in total. The number of hydrogen-bond acceptors (Lipinski definition) is 6. The molecule has 10 heteroatoms. The zero-order valence-corrected chi connectivity index (χ0v) is 55.0. The van der Waals surface area contributed by atoms with Gasteiger partial charge in [-0.3, -0.25) is 18.6 Å². The third-order valence-corrected chi connectivity index (χ3v) is 16.8. The molecule has 0 aliphatic rings. The van der Waals surface area contributed by atoms with Crippen LogP contribution in [0.2, 0.25) is 0 Å². The van der Waals surface area contributed by atoms with Gasteiger partial charge in [0.2, 0.25) is 5.91 Å². The van der Waals surface area contributed by atoms with E-state index in [1.165, 1.54) is 250 Å². The lowest BCUT2D eigenvalue weighted by atomic mass is 10.0. The number of rotatable bonds is 64. The molecule has 0 rings (SSSR count). The summed E-state index contributed by atoms with van der Waals surface area (Å²) >= 11 is 0. The number of likely N-dealkylation sites (N-methyl/N-ethyl adjacent to an activating group) is 1. The summed E-state index contributed by atoms with van der Waals surface area (Å²) in [7, 11) is 1.51. The number of quaternary nitrogens is 1. The fourth-order valence-corrected chi connectivity index (χ4v) is 11.2. The maximum Gasteiger partial charge on any atom is 0.472 e. The zero-order valence-electron chi connectivity index (χ0n) is 54.1. The zero-order chi connectivity index (χ0) is 58.6. The molecule has 0 saturated heterocycles. The van der Waals surface area contributed by atoms with Gasteiger partial charge in [0.05, 0.1) is 33.8 Å². The standard InChI is InChI=1S/C70H135N2O7P/c1-7-10-13-16-19-22-25-28-30-31-32-33-34-35-36-37-38-39-40-41-43-45-48-51-54-57-60-63-70(74)79-68(61-58-55-52-49-46-27-24-21-18-15-12-9-3)67(66-78-80(75,76)77-65-64-72(4,5)6)71-69(73)62-59-56-53-50-47-44-42-29-26-23-20-17-14-11-8-2/h19,22,28,30,58,61,67-68H,7-18,20-21,23-27,29,31-57,59-60,62-66H2,1-6H3,(H-,71,73,75,76)/p+1/b22-19-,30-28-,61-58-. The van der Waals surface area contributed by atoms with Gasteiger partial charge in [-0.1, -0.05) is 308 Å². The fourth-order valence-electron chi connectivity index (χ4n) is 10.4. The van der Waals surface area contributed by atoms with Crippen LogP contribution in [0, 0.1) is 0 Å². The smallest absolute Gasteiger partial charge is 0.456 e. The molecule has 9 nitrogen and oxygen atoms in total. The molecular formula is C70H136N2O7P+. The second-order valence-electron chi connectivity index (χ2n) is 25.1. The van der Waals surface area contributed by atoms with E-state index in [1.807, 2.05) is 33.3 Å². The molecule has 0 bridgehead atoms. The number of allylic oxidation sites excluding steroid dienone is 5. The number of unbranched alkanes of at least 4 members (excludes halogenated alkanes) is 44. The van der Waals surface area contributed by atoms with Gasteiger partial charge in [-0.05, 0) is 63.9 Å². The molecule has 0 heterocycles. The van der Waals surface area contributed by atoms with E-state index in [0.29, 0.717) is 23.9 Å². The number of nitrogens with zero attached hydrogens (tertiary/aromatic N) is 1. The Balaban J connectivity index is 4.97. The van der Waals surface area contributed by atoms with Gasteiger partial charge in [-0.25, -0.2) is 4.57 Å². The first-order chi connectivity index (χ1) is 38.9. The second kappa shape index (κ2) is 60.4. The van der Waals surface area contributed by atoms with E-state index in [0.717, 1.165) is 64.2 Å². The summed E-state index contributed by atoms with van der Waals surface area (Å²) < 4.78 is 30.8. The van der Waals surface area contributed by atoms with Gasteiger partial charge in [-0.2, -0.15) is 0 Å². The summed E-state index contributed by atoms with van der Waals surface area (Å²) in [6.45, 7) is 7.04. The summed E-state index contributed by atoms with van der Waals surface area (Å²) in [4.78, 5) is 37.8. The number of ether oxygens (including phenoxy) is 1. The Morgan fingerprint density at radius 1 is 0.438 bits per heavy atom. The average molecular weight is 1150 g/mol. The predicted molar refractivity (Wildman–Crippen MR) is 346 cm³/mol. The van der Waals surface area contributed by atoms with E-state index in [4.69, 9.17) is 13.8 Å². The number of esters is 1. The molecule has 0 saturated carbocycles. The molecule has 0 fully saturated rings. The Hall–Kier alpha value is -1.77. The summed E-state index contributed by atoms with van der Waals surface area (Å²) in [5.74, 6) is -0.485. The number of carbonyl (C=O) groups excluding carboxylic acids is 2. The van der Waals surface area contributed by atoms with Crippen LogP contribution in [0.25, 0.3) is 0 Å². The Kier molecular flexibility index (Phi) is 59.0. The van der Waals surface area contributed by atoms with Gasteiger partial charge < -0.3 is 19.4 Å². The van der Waals surface area contributed by atoms with Crippen molar-refractivity contribution in [2.24, 2.45) is 0 Å². The van der Waals surface area contributed by atoms with Crippen molar-refractivity contribution in [3.63, 3.8) is 0 Å². The van der Waals surface area contributed by atoms with Crippen LogP contribution in [0.3, 0.4) is 0 Å². The molecule has 472 valence electrons. The van der Waals surface area contributed by atoms with Crippen molar-refractivity contribution in [3.05, 3.63) is 36.5 Å². The van der Waals surface area contributed by atoms with E-state index in [2.05, 4.69) is 50.4 Å². The van der Waals surface area contributed by atoms with E-state index in [9.17, 15) is 19.0 Å². The predicted octanol–water partition coefficient (Wildman–Crippen LogP) is 21.8. The van der Waals surface area contributed by atoms with Crippen molar-refractivity contribution in [2.75, 3.05) is 40.9 Å². The van der Waals surface area contributed by atoms with Crippen LogP contribution >= 0.6 is 7.82 Å². The Bertz CT molecular complexity index is 1460. The molecule has 0 aromatic heterocycles.